The van der Waals surface area contributed by atoms with Crippen molar-refractivity contribution in [3.8, 4) is 0 Å². The van der Waals surface area contributed by atoms with Crippen LogP contribution in [0.25, 0.3) is 0 Å². The number of hydrogen-bond acceptors (Lipinski definition) is 5. The second kappa shape index (κ2) is 6.96. The molecule has 0 amide bonds. The fourth-order valence-electron chi connectivity index (χ4n) is 2.26. The van der Waals surface area contributed by atoms with E-state index in [9.17, 15) is 18.5 Å². The van der Waals surface area contributed by atoms with E-state index in [1.807, 2.05) is 0 Å². The predicted octanol–water partition coefficient (Wildman–Crippen LogP) is 3.94. The minimum atomic E-state index is -3.73. The van der Waals surface area contributed by atoms with E-state index in [1.54, 1.807) is 30.1 Å². The van der Waals surface area contributed by atoms with Crippen LogP contribution in [0.15, 0.2) is 41.3 Å². The van der Waals surface area contributed by atoms with Gasteiger partial charge in [0.05, 0.1) is 4.92 Å². The minimum Gasteiger partial charge on any atom is -0.370 e. The van der Waals surface area contributed by atoms with Crippen molar-refractivity contribution in [3.63, 3.8) is 0 Å². The zero-order valence-electron chi connectivity index (χ0n) is 12.9. The number of nitrogens with zero attached hydrogens (tertiary/aromatic N) is 2. The third-order valence-electron chi connectivity index (χ3n) is 3.32. The van der Waals surface area contributed by atoms with Crippen LogP contribution in [0.1, 0.15) is 5.56 Å². The Bertz CT molecular complexity index is 880. The average Bonchev–Trinajstić information content (AvgIpc) is 2.44. The van der Waals surface area contributed by atoms with E-state index in [4.69, 9.17) is 23.2 Å². The number of rotatable bonds is 5. The van der Waals surface area contributed by atoms with Gasteiger partial charge in [0.25, 0.3) is 5.69 Å². The van der Waals surface area contributed by atoms with Gasteiger partial charge in [-0.2, -0.15) is 0 Å². The fraction of sp³-hybridized carbons (Fsp3) is 0.200. The predicted molar refractivity (Wildman–Crippen MR) is 94.8 cm³/mol. The molecule has 128 valence electrons. The third kappa shape index (κ3) is 4.37. The van der Waals surface area contributed by atoms with Crippen molar-refractivity contribution in [3.05, 3.63) is 62.1 Å². The van der Waals surface area contributed by atoms with E-state index in [0.717, 1.165) is 11.8 Å². The zero-order valence-corrected chi connectivity index (χ0v) is 15.2. The standard InChI is InChI=1S/C15H14Cl2N2O4S/c1-18(9-10-5-11(16)7-12(17)6-10)13-3-4-14(19(20)21)15(8-13)24(2,22)23/h3-8H,9H2,1-2H3. The van der Waals surface area contributed by atoms with Crippen molar-refractivity contribution in [2.75, 3.05) is 18.2 Å². The molecular formula is C15H14Cl2N2O4S. The van der Waals surface area contributed by atoms with Crippen LogP contribution in [-0.2, 0) is 16.4 Å². The van der Waals surface area contributed by atoms with Gasteiger partial charge in [-0.15, -0.1) is 0 Å². The molecule has 0 radical (unpaired) electrons. The van der Waals surface area contributed by atoms with Gasteiger partial charge in [-0.1, -0.05) is 23.2 Å². The molecule has 0 unspecified atom stereocenters. The van der Waals surface area contributed by atoms with Crippen molar-refractivity contribution in [2.24, 2.45) is 0 Å². The van der Waals surface area contributed by atoms with Gasteiger partial charge >= 0.3 is 0 Å². The van der Waals surface area contributed by atoms with Crippen molar-refractivity contribution in [1.82, 2.24) is 0 Å². The molecular weight excluding hydrogens is 375 g/mol. The summed E-state index contributed by atoms with van der Waals surface area (Å²) in [6.07, 6.45) is 0.940. The normalized spacial score (nSPS) is 11.3. The lowest BCUT2D eigenvalue weighted by molar-refractivity contribution is -0.387. The number of nitro groups is 1. The lowest BCUT2D eigenvalue weighted by Gasteiger charge is -2.20. The maximum Gasteiger partial charge on any atom is 0.288 e. The highest BCUT2D eigenvalue weighted by atomic mass is 35.5. The first kappa shape index (κ1) is 18.5. The van der Waals surface area contributed by atoms with E-state index in [1.165, 1.54) is 18.2 Å². The lowest BCUT2D eigenvalue weighted by atomic mass is 10.2. The fourth-order valence-corrected chi connectivity index (χ4v) is 3.68. The second-order valence-corrected chi connectivity index (χ2v) is 8.17. The van der Waals surface area contributed by atoms with Gasteiger partial charge in [-0.25, -0.2) is 8.42 Å². The molecule has 2 rings (SSSR count). The summed E-state index contributed by atoms with van der Waals surface area (Å²) >= 11 is 11.9. The Morgan fingerprint density at radius 2 is 1.71 bits per heavy atom. The number of benzene rings is 2. The summed E-state index contributed by atoms with van der Waals surface area (Å²) in [4.78, 5) is 11.7. The first-order valence-electron chi connectivity index (χ1n) is 6.72. The van der Waals surface area contributed by atoms with Crippen LogP contribution in [0, 0.1) is 10.1 Å². The number of anilines is 1. The molecule has 0 spiro atoms. The minimum absolute atomic E-state index is 0.319. The van der Waals surface area contributed by atoms with Gasteiger partial charge in [-0.3, -0.25) is 10.1 Å². The van der Waals surface area contributed by atoms with Crippen LogP contribution in [0.5, 0.6) is 0 Å². The van der Waals surface area contributed by atoms with Crippen molar-refractivity contribution >= 4 is 44.4 Å². The van der Waals surface area contributed by atoms with E-state index in [-0.39, 0.29) is 4.90 Å². The summed E-state index contributed by atoms with van der Waals surface area (Å²) in [5.41, 5.74) is 0.909. The number of halogens is 2. The monoisotopic (exact) mass is 388 g/mol. The van der Waals surface area contributed by atoms with Crippen molar-refractivity contribution in [1.29, 1.82) is 0 Å². The quantitative estimate of drug-likeness (QED) is 0.572. The van der Waals surface area contributed by atoms with Gasteiger partial charge < -0.3 is 4.90 Å². The highest BCUT2D eigenvalue weighted by Crippen LogP contribution is 2.29. The molecule has 0 bridgehead atoms. The molecule has 0 aliphatic rings. The summed E-state index contributed by atoms with van der Waals surface area (Å²) in [6.45, 7) is 0.404. The van der Waals surface area contributed by atoms with Crippen LogP contribution >= 0.6 is 23.2 Å². The van der Waals surface area contributed by atoms with E-state index in [2.05, 4.69) is 0 Å². The summed E-state index contributed by atoms with van der Waals surface area (Å²) in [5.74, 6) is 0. The molecule has 2 aromatic carbocycles. The summed E-state index contributed by atoms with van der Waals surface area (Å²) in [5, 5.41) is 12.0. The van der Waals surface area contributed by atoms with Crippen LogP contribution in [0.2, 0.25) is 10.0 Å². The molecule has 0 saturated carbocycles. The molecule has 0 heterocycles. The molecule has 2 aromatic rings. The van der Waals surface area contributed by atoms with Crippen LogP contribution < -0.4 is 4.90 Å². The Morgan fingerprint density at radius 1 is 1.12 bits per heavy atom. The topological polar surface area (TPSA) is 80.5 Å². The van der Waals surface area contributed by atoms with E-state index in [0.29, 0.717) is 22.3 Å². The molecule has 0 aliphatic carbocycles. The molecule has 0 aliphatic heterocycles. The van der Waals surface area contributed by atoms with Crippen molar-refractivity contribution < 1.29 is 13.3 Å². The largest absolute Gasteiger partial charge is 0.370 e. The third-order valence-corrected chi connectivity index (χ3v) is 4.88. The molecule has 24 heavy (non-hydrogen) atoms. The molecule has 0 saturated heterocycles. The molecule has 6 nitrogen and oxygen atoms in total. The molecule has 0 fully saturated rings. The SMILES string of the molecule is CN(Cc1cc(Cl)cc(Cl)c1)c1ccc([N+](=O)[O-])c(S(C)(=O)=O)c1. The van der Waals surface area contributed by atoms with Crippen LogP contribution in [0.4, 0.5) is 11.4 Å². The maximum atomic E-state index is 11.8. The Hall–Kier alpha value is -1.83. The molecule has 9 heteroatoms. The Kier molecular flexibility index (Phi) is 5.37. The number of sulfone groups is 1. The second-order valence-electron chi connectivity index (χ2n) is 5.32. The van der Waals surface area contributed by atoms with Gasteiger partial charge in [0, 0.05) is 41.6 Å². The maximum absolute atomic E-state index is 11.8. The Balaban J connectivity index is 2.39. The number of nitro benzene ring substituents is 1. The Labute approximate surface area is 149 Å². The lowest BCUT2D eigenvalue weighted by Crippen LogP contribution is -2.17. The van der Waals surface area contributed by atoms with Gasteiger partial charge in [-0.05, 0) is 35.9 Å². The van der Waals surface area contributed by atoms with E-state index < -0.39 is 20.4 Å². The zero-order chi connectivity index (χ0) is 18.1. The molecule has 0 atom stereocenters. The summed E-state index contributed by atoms with van der Waals surface area (Å²) in [7, 11) is -1.99. The average molecular weight is 389 g/mol. The van der Waals surface area contributed by atoms with Gasteiger partial charge in [0.15, 0.2) is 9.84 Å². The summed E-state index contributed by atoms with van der Waals surface area (Å²) < 4.78 is 23.6. The Morgan fingerprint density at radius 3 is 2.21 bits per heavy atom. The highest BCUT2D eigenvalue weighted by Gasteiger charge is 2.23. The van der Waals surface area contributed by atoms with Gasteiger partial charge in [0.1, 0.15) is 4.90 Å². The van der Waals surface area contributed by atoms with Gasteiger partial charge in [0.2, 0.25) is 0 Å². The highest BCUT2D eigenvalue weighted by molar-refractivity contribution is 7.90. The smallest absolute Gasteiger partial charge is 0.288 e. The van der Waals surface area contributed by atoms with E-state index >= 15 is 0 Å². The molecule has 0 N–H and O–H groups in total. The summed E-state index contributed by atoms with van der Waals surface area (Å²) in [6, 6.07) is 9.08. The molecule has 0 aromatic heterocycles. The van der Waals surface area contributed by atoms with Crippen LogP contribution in [-0.4, -0.2) is 26.6 Å². The number of hydrogen-bond donors (Lipinski definition) is 0. The van der Waals surface area contributed by atoms with Crippen LogP contribution in [0.3, 0.4) is 0 Å². The first-order valence-corrected chi connectivity index (χ1v) is 9.37. The first-order chi connectivity index (χ1) is 11.1. The van der Waals surface area contributed by atoms with Crippen molar-refractivity contribution in [2.45, 2.75) is 11.4 Å².